The Morgan fingerprint density at radius 1 is 1.44 bits per heavy atom. The van der Waals surface area contributed by atoms with Crippen molar-refractivity contribution < 1.29 is 9.53 Å². The molecule has 1 aromatic carbocycles. The third-order valence-electron chi connectivity index (χ3n) is 2.82. The van der Waals surface area contributed by atoms with Gasteiger partial charge in [0, 0.05) is 13.0 Å². The summed E-state index contributed by atoms with van der Waals surface area (Å²) in [5.74, 6) is 0.960. The molecule has 0 heterocycles. The van der Waals surface area contributed by atoms with E-state index in [1.807, 2.05) is 19.1 Å². The number of methoxy groups -OCH3 is 1. The Labute approximate surface area is 109 Å². The second-order valence-electron chi connectivity index (χ2n) is 4.30. The predicted octanol–water partition coefficient (Wildman–Crippen LogP) is 1.40. The minimum absolute atomic E-state index is 0.0690. The van der Waals surface area contributed by atoms with E-state index in [0.29, 0.717) is 19.5 Å². The van der Waals surface area contributed by atoms with Crippen molar-refractivity contribution in [3.05, 3.63) is 29.3 Å². The molecule has 0 aromatic heterocycles. The van der Waals surface area contributed by atoms with Crippen molar-refractivity contribution in [2.45, 2.75) is 26.2 Å². The number of ether oxygens (including phenoxy) is 1. The van der Waals surface area contributed by atoms with E-state index >= 15 is 0 Å². The Balaban J connectivity index is 2.37. The highest BCUT2D eigenvalue weighted by atomic mass is 16.5. The zero-order chi connectivity index (χ0) is 13.4. The molecule has 0 saturated heterocycles. The minimum atomic E-state index is 0.0690. The summed E-state index contributed by atoms with van der Waals surface area (Å²) in [6.45, 7) is 3.22. The smallest absolute Gasteiger partial charge is 0.220 e. The van der Waals surface area contributed by atoms with Crippen molar-refractivity contribution >= 4 is 5.91 Å². The lowest BCUT2D eigenvalue weighted by molar-refractivity contribution is -0.121. The summed E-state index contributed by atoms with van der Waals surface area (Å²) in [4.78, 5) is 11.4. The van der Waals surface area contributed by atoms with Crippen molar-refractivity contribution in [3.8, 4) is 5.75 Å². The molecule has 100 valence electrons. The molecule has 0 unspecified atom stereocenters. The number of nitrogens with two attached hydrogens (primary N) is 1. The van der Waals surface area contributed by atoms with E-state index in [-0.39, 0.29) is 5.91 Å². The van der Waals surface area contributed by atoms with Crippen molar-refractivity contribution in [1.29, 1.82) is 0 Å². The zero-order valence-electron chi connectivity index (χ0n) is 11.2. The second-order valence-corrected chi connectivity index (χ2v) is 4.30. The third-order valence-corrected chi connectivity index (χ3v) is 2.82. The number of hydrogen-bond acceptors (Lipinski definition) is 3. The Bertz CT molecular complexity index is 391. The molecule has 0 bridgehead atoms. The monoisotopic (exact) mass is 250 g/mol. The number of amides is 1. The molecule has 1 amide bonds. The van der Waals surface area contributed by atoms with Gasteiger partial charge in [0.05, 0.1) is 7.11 Å². The van der Waals surface area contributed by atoms with Gasteiger partial charge in [0.25, 0.3) is 0 Å². The van der Waals surface area contributed by atoms with Crippen molar-refractivity contribution in [1.82, 2.24) is 5.32 Å². The maximum absolute atomic E-state index is 11.4. The SMILES string of the molecule is COc1cc(CCNC(=O)CCCN)ccc1C. The average Bonchev–Trinajstić information content (AvgIpc) is 2.38. The highest BCUT2D eigenvalue weighted by Gasteiger charge is 2.02. The van der Waals surface area contributed by atoms with Crippen LogP contribution in [0.3, 0.4) is 0 Å². The van der Waals surface area contributed by atoms with E-state index in [1.54, 1.807) is 7.11 Å². The number of carbonyl (C=O) groups excluding carboxylic acids is 1. The van der Waals surface area contributed by atoms with Crippen LogP contribution in [0.1, 0.15) is 24.0 Å². The van der Waals surface area contributed by atoms with Crippen LogP contribution in [0.15, 0.2) is 18.2 Å². The van der Waals surface area contributed by atoms with Gasteiger partial charge < -0.3 is 15.8 Å². The van der Waals surface area contributed by atoms with Gasteiger partial charge >= 0.3 is 0 Å². The van der Waals surface area contributed by atoms with E-state index in [9.17, 15) is 4.79 Å². The van der Waals surface area contributed by atoms with E-state index in [4.69, 9.17) is 10.5 Å². The van der Waals surface area contributed by atoms with Crippen LogP contribution in [0, 0.1) is 6.92 Å². The molecule has 3 N–H and O–H groups in total. The lowest BCUT2D eigenvalue weighted by Crippen LogP contribution is -2.26. The lowest BCUT2D eigenvalue weighted by atomic mass is 10.1. The molecular formula is C14H22N2O2. The first kappa shape index (κ1) is 14.5. The summed E-state index contributed by atoms with van der Waals surface area (Å²) in [6.07, 6.45) is 2.06. The summed E-state index contributed by atoms with van der Waals surface area (Å²) >= 11 is 0. The Morgan fingerprint density at radius 3 is 2.89 bits per heavy atom. The maximum atomic E-state index is 11.4. The van der Waals surface area contributed by atoms with E-state index in [2.05, 4.69) is 11.4 Å². The summed E-state index contributed by atoms with van der Waals surface area (Å²) in [7, 11) is 1.67. The standard InChI is InChI=1S/C14H22N2O2/c1-11-5-6-12(10-13(11)18-2)7-9-16-14(17)4-3-8-15/h5-6,10H,3-4,7-9,15H2,1-2H3,(H,16,17). The second kappa shape index (κ2) is 7.71. The molecule has 0 spiro atoms. The molecule has 0 saturated carbocycles. The summed E-state index contributed by atoms with van der Waals surface area (Å²) in [6, 6.07) is 6.11. The normalized spacial score (nSPS) is 10.2. The van der Waals surface area contributed by atoms with Gasteiger partial charge in [-0.3, -0.25) is 4.79 Å². The predicted molar refractivity (Wildman–Crippen MR) is 72.7 cm³/mol. The molecule has 0 atom stereocenters. The van der Waals surface area contributed by atoms with Crippen molar-refractivity contribution in [2.24, 2.45) is 5.73 Å². The molecule has 1 rings (SSSR count). The van der Waals surface area contributed by atoms with Gasteiger partial charge in [-0.1, -0.05) is 12.1 Å². The number of hydrogen-bond donors (Lipinski definition) is 2. The molecule has 18 heavy (non-hydrogen) atoms. The minimum Gasteiger partial charge on any atom is -0.496 e. The third kappa shape index (κ3) is 4.75. The summed E-state index contributed by atoms with van der Waals surface area (Å²) < 4.78 is 5.26. The first-order chi connectivity index (χ1) is 8.67. The maximum Gasteiger partial charge on any atom is 0.220 e. The lowest BCUT2D eigenvalue weighted by Gasteiger charge is -2.08. The number of carbonyl (C=O) groups is 1. The van der Waals surface area contributed by atoms with Gasteiger partial charge in [0.1, 0.15) is 5.75 Å². The highest BCUT2D eigenvalue weighted by molar-refractivity contribution is 5.75. The van der Waals surface area contributed by atoms with E-state index in [0.717, 1.165) is 29.7 Å². The van der Waals surface area contributed by atoms with Gasteiger partial charge in [0.2, 0.25) is 5.91 Å². The molecule has 0 aliphatic carbocycles. The molecule has 1 aromatic rings. The van der Waals surface area contributed by atoms with Gasteiger partial charge in [-0.05, 0) is 43.5 Å². The van der Waals surface area contributed by atoms with Crippen molar-refractivity contribution in [2.75, 3.05) is 20.2 Å². The molecule has 0 aliphatic rings. The van der Waals surface area contributed by atoms with Crippen LogP contribution in [0.5, 0.6) is 5.75 Å². The van der Waals surface area contributed by atoms with Crippen LogP contribution in [0.25, 0.3) is 0 Å². The Hall–Kier alpha value is -1.55. The molecule has 4 heteroatoms. The van der Waals surface area contributed by atoms with Gasteiger partial charge in [-0.2, -0.15) is 0 Å². The van der Waals surface area contributed by atoms with Gasteiger partial charge in [0.15, 0.2) is 0 Å². The fourth-order valence-electron chi connectivity index (χ4n) is 1.72. The van der Waals surface area contributed by atoms with E-state index < -0.39 is 0 Å². The summed E-state index contributed by atoms with van der Waals surface area (Å²) in [5.41, 5.74) is 7.63. The molecule has 0 fully saturated rings. The Kier molecular flexibility index (Phi) is 6.22. The molecule has 4 nitrogen and oxygen atoms in total. The summed E-state index contributed by atoms with van der Waals surface area (Å²) in [5, 5.41) is 2.88. The highest BCUT2D eigenvalue weighted by Crippen LogP contribution is 2.18. The first-order valence-corrected chi connectivity index (χ1v) is 6.27. The van der Waals surface area contributed by atoms with Gasteiger partial charge in [-0.15, -0.1) is 0 Å². The van der Waals surface area contributed by atoms with Crippen LogP contribution in [0.2, 0.25) is 0 Å². The molecule has 0 aliphatic heterocycles. The molecule has 0 radical (unpaired) electrons. The van der Waals surface area contributed by atoms with Crippen LogP contribution >= 0.6 is 0 Å². The fraction of sp³-hybridized carbons (Fsp3) is 0.500. The fourth-order valence-corrected chi connectivity index (χ4v) is 1.72. The van der Waals surface area contributed by atoms with Crippen LogP contribution in [-0.2, 0) is 11.2 Å². The average molecular weight is 250 g/mol. The zero-order valence-corrected chi connectivity index (χ0v) is 11.2. The van der Waals surface area contributed by atoms with Crippen LogP contribution < -0.4 is 15.8 Å². The number of rotatable bonds is 7. The van der Waals surface area contributed by atoms with Gasteiger partial charge in [-0.25, -0.2) is 0 Å². The quantitative estimate of drug-likeness (QED) is 0.769. The van der Waals surface area contributed by atoms with Crippen LogP contribution in [0.4, 0.5) is 0 Å². The Morgan fingerprint density at radius 2 is 2.22 bits per heavy atom. The number of benzene rings is 1. The number of aryl methyl sites for hydroxylation is 1. The largest absolute Gasteiger partial charge is 0.496 e. The number of nitrogens with one attached hydrogen (secondary N) is 1. The van der Waals surface area contributed by atoms with Crippen molar-refractivity contribution in [3.63, 3.8) is 0 Å². The first-order valence-electron chi connectivity index (χ1n) is 6.27. The van der Waals surface area contributed by atoms with E-state index in [1.165, 1.54) is 0 Å². The molecular weight excluding hydrogens is 228 g/mol. The topological polar surface area (TPSA) is 64.3 Å². The van der Waals surface area contributed by atoms with Crippen LogP contribution in [-0.4, -0.2) is 26.1 Å².